The van der Waals surface area contributed by atoms with Gasteiger partial charge in [-0.1, -0.05) is 5.16 Å². The summed E-state index contributed by atoms with van der Waals surface area (Å²) in [6.45, 7) is 8.13. The van der Waals surface area contributed by atoms with Gasteiger partial charge in [-0.15, -0.1) is 24.0 Å². The fraction of sp³-hybridized carbons (Fsp3) is 0.421. The van der Waals surface area contributed by atoms with Crippen molar-refractivity contribution in [3.8, 4) is 0 Å². The van der Waals surface area contributed by atoms with Crippen LogP contribution in [0.25, 0.3) is 5.65 Å². The van der Waals surface area contributed by atoms with Crippen molar-refractivity contribution >= 4 is 51.5 Å². The SMILES string of the molecule is CCNC(=NCc1cn2cc(Br)ccc2n1)N1CCN(Cc2ccon2)CC1.I. The molecule has 0 bridgehead atoms. The molecule has 1 aliphatic heterocycles. The maximum Gasteiger partial charge on any atom is 0.194 e. The molecule has 156 valence electrons. The van der Waals surface area contributed by atoms with Gasteiger partial charge < -0.3 is 19.1 Å². The zero-order chi connectivity index (χ0) is 19.3. The quantitative estimate of drug-likeness (QED) is 0.287. The van der Waals surface area contributed by atoms with E-state index in [0.29, 0.717) is 6.54 Å². The number of hydrogen-bond donors (Lipinski definition) is 1. The standard InChI is InChI=1S/C19H24BrN7O.HI/c1-2-21-19(22-11-17-14-27-12-15(20)3-4-18(27)23-17)26-8-6-25(7-9-26)13-16-5-10-28-24-16;/h3-5,10,12,14H,2,6-9,11,13H2,1H3,(H,21,22);1H. The summed E-state index contributed by atoms with van der Waals surface area (Å²) in [5, 5.41) is 7.42. The Morgan fingerprint density at radius 1 is 1.17 bits per heavy atom. The number of pyridine rings is 1. The molecule has 0 radical (unpaired) electrons. The first-order valence-corrected chi connectivity index (χ1v) is 10.3. The highest BCUT2D eigenvalue weighted by atomic mass is 127. The second kappa shape index (κ2) is 10.4. The molecule has 29 heavy (non-hydrogen) atoms. The lowest BCUT2D eigenvalue weighted by Gasteiger charge is -2.36. The number of guanidine groups is 1. The third-order valence-electron chi connectivity index (χ3n) is 4.74. The number of aliphatic imine (C=N–C) groups is 1. The molecule has 1 aliphatic rings. The van der Waals surface area contributed by atoms with Crippen molar-refractivity contribution < 1.29 is 4.52 Å². The molecule has 8 nitrogen and oxygen atoms in total. The summed E-state index contributed by atoms with van der Waals surface area (Å²) in [5.41, 5.74) is 2.87. The molecule has 1 fully saturated rings. The van der Waals surface area contributed by atoms with E-state index >= 15 is 0 Å². The molecule has 4 heterocycles. The second-order valence-electron chi connectivity index (χ2n) is 6.77. The monoisotopic (exact) mass is 573 g/mol. The van der Waals surface area contributed by atoms with Crippen molar-refractivity contribution in [2.45, 2.75) is 20.0 Å². The van der Waals surface area contributed by atoms with Gasteiger partial charge in [-0.05, 0) is 35.0 Å². The van der Waals surface area contributed by atoms with Crippen LogP contribution in [-0.4, -0.2) is 63.0 Å². The Morgan fingerprint density at radius 2 is 2.00 bits per heavy atom. The first-order valence-electron chi connectivity index (χ1n) is 9.49. The van der Waals surface area contributed by atoms with Crippen LogP contribution >= 0.6 is 39.9 Å². The molecule has 1 saturated heterocycles. The molecule has 3 aromatic heterocycles. The number of hydrogen-bond acceptors (Lipinski definition) is 5. The topological polar surface area (TPSA) is 74.2 Å². The lowest BCUT2D eigenvalue weighted by molar-refractivity contribution is 0.169. The molecule has 10 heteroatoms. The Balaban J connectivity index is 0.00000240. The lowest BCUT2D eigenvalue weighted by atomic mass is 10.3. The number of imidazole rings is 1. The highest BCUT2D eigenvalue weighted by molar-refractivity contribution is 14.0. The molecule has 0 saturated carbocycles. The number of nitrogens with one attached hydrogen (secondary N) is 1. The minimum Gasteiger partial charge on any atom is -0.364 e. The Kier molecular flexibility index (Phi) is 7.90. The van der Waals surface area contributed by atoms with Crippen molar-refractivity contribution in [1.82, 2.24) is 29.7 Å². The summed E-state index contributed by atoms with van der Waals surface area (Å²) in [7, 11) is 0. The van der Waals surface area contributed by atoms with Crippen LogP contribution < -0.4 is 5.32 Å². The average molecular weight is 574 g/mol. The van der Waals surface area contributed by atoms with Crippen molar-refractivity contribution in [3.05, 3.63) is 52.7 Å². The van der Waals surface area contributed by atoms with Gasteiger partial charge in [-0.3, -0.25) is 4.90 Å². The van der Waals surface area contributed by atoms with E-state index in [1.165, 1.54) is 0 Å². The van der Waals surface area contributed by atoms with Crippen molar-refractivity contribution in [1.29, 1.82) is 0 Å². The third kappa shape index (κ3) is 5.70. The molecule has 3 aromatic rings. The van der Waals surface area contributed by atoms with Gasteiger partial charge in [0.15, 0.2) is 5.96 Å². The largest absolute Gasteiger partial charge is 0.364 e. The number of fused-ring (bicyclic) bond motifs is 1. The van der Waals surface area contributed by atoms with Crippen molar-refractivity contribution in [2.24, 2.45) is 4.99 Å². The van der Waals surface area contributed by atoms with E-state index in [0.717, 1.165) is 66.7 Å². The van der Waals surface area contributed by atoms with E-state index in [1.54, 1.807) is 6.26 Å². The van der Waals surface area contributed by atoms with E-state index in [9.17, 15) is 0 Å². The van der Waals surface area contributed by atoms with Gasteiger partial charge in [0.1, 0.15) is 11.9 Å². The van der Waals surface area contributed by atoms with E-state index in [-0.39, 0.29) is 24.0 Å². The fourth-order valence-electron chi connectivity index (χ4n) is 3.34. The van der Waals surface area contributed by atoms with Crippen LogP contribution in [0.2, 0.25) is 0 Å². The van der Waals surface area contributed by atoms with Crippen LogP contribution in [0.4, 0.5) is 0 Å². The first kappa shape index (κ1) is 22.0. The predicted molar refractivity (Wildman–Crippen MR) is 126 cm³/mol. The van der Waals surface area contributed by atoms with Crippen molar-refractivity contribution in [3.63, 3.8) is 0 Å². The number of nitrogens with zero attached hydrogens (tertiary/aromatic N) is 6. The maximum atomic E-state index is 4.92. The van der Waals surface area contributed by atoms with Crippen LogP contribution in [-0.2, 0) is 13.1 Å². The second-order valence-corrected chi connectivity index (χ2v) is 7.68. The molecule has 0 spiro atoms. The number of piperazine rings is 1. The van der Waals surface area contributed by atoms with Gasteiger partial charge in [0.2, 0.25) is 0 Å². The number of aromatic nitrogens is 3. The summed E-state index contributed by atoms with van der Waals surface area (Å²) in [4.78, 5) is 14.2. The van der Waals surface area contributed by atoms with Gasteiger partial charge >= 0.3 is 0 Å². The third-order valence-corrected chi connectivity index (χ3v) is 5.21. The minimum absolute atomic E-state index is 0. The van der Waals surface area contributed by atoms with Gasteiger partial charge in [0, 0.05) is 62.2 Å². The highest BCUT2D eigenvalue weighted by Gasteiger charge is 2.20. The summed E-state index contributed by atoms with van der Waals surface area (Å²) >= 11 is 3.49. The molecule has 1 N–H and O–H groups in total. The molecule has 0 atom stereocenters. The fourth-order valence-corrected chi connectivity index (χ4v) is 3.69. The van der Waals surface area contributed by atoms with E-state index in [1.807, 2.05) is 35.0 Å². The number of rotatable bonds is 5. The van der Waals surface area contributed by atoms with Crippen LogP contribution in [0.1, 0.15) is 18.3 Å². The Labute approximate surface area is 195 Å². The summed E-state index contributed by atoms with van der Waals surface area (Å²) in [6.07, 6.45) is 5.66. The maximum absolute atomic E-state index is 4.92. The van der Waals surface area contributed by atoms with Crippen LogP contribution in [0, 0.1) is 0 Å². The normalized spacial score (nSPS) is 15.5. The number of halogens is 2. The highest BCUT2D eigenvalue weighted by Crippen LogP contribution is 2.13. The van der Waals surface area contributed by atoms with Gasteiger partial charge in [0.25, 0.3) is 0 Å². The first-order chi connectivity index (χ1) is 13.7. The van der Waals surface area contributed by atoms with Crippen LogP contribution in [0.3, 0.4) is 0 Å². The molecular formula is C19H25BrIN7O. The molecule has 0 aromatic carbocycles. The lowest BCUT2D eigenvalue weighted by Crippen LogP contribution is -2.52. The van der Waals surface area contributed by atoms with Crippen LogP contribution in [0.5, 0.6) is 0 Å². The Morgan fingerprint density at radius 3 is 2.72 bits per heavy atom. The molecule has 4 rings (SSSR count). The average Bonchev–Trinajstić information content (AvgIpc) is 3.35. The molecular weight excluding hydrogens is 549 g/mol. The van der Waals surface area contributed by atoms with Gasteiger partial charge in [-0.25, -0.2) is 9.98 Å². The zero-order valence-electron chi connectivity index (χ0n) is 16.3. The molecule has 0 unspecified atom stereocenters. The van der Waals surface area contributed by atoms with Gasteiger partial charge in [-0.2, -0.15) is 0 Å². The van der Waals surface area contributed by atoms with Crippen molar-refractivity contribution in [2.75, 3.05) is 32.7 Å². The Bertz CT molecular complexity index is 935. The summed E-state index contributed by atoms with van der Waals surface area (Å²) in [6, 6.07) is 5.92. The minimum atomic E-state index is 0. The van der Waals surface area contributed by atoms with E-state index in [4.69, 9.17) is 9.52 Å². The Hall–Kier alpha value is -1.66. The smallest absolute Gasteiger partial charge is 0.194 e. The predicted octanol–water partition coefficient (Wildman–Crippen LogP) is 2.99. The summed E-state index contributed by atoms with van der Waals surface area (Å²) < 4.78 is 7.97. The van der Waals surface area contributed by atoms with E-state index < -0.39 is 0 Å². The molecule has 0 amide bonds. The van der Waals surface area contributed by atoms with Gasteiger partial charge in [0.05, 0.1) is 17.9 Å². The summed E-state index contributed by atoms with van der Waals surface area (Å²) in [5.74, 6) is 0.946. The van der Waals surface area contributed by atoms with E-state index in [2.05, 4.69) is 48.1 Å². The van der Waals surface area contributed by atoms with Crippen LogP contribution in [0.15, 0.2) is 50.8 Å². The zero-order valence-corrected chi connectivity index (χ0v) is 20.2. The molecule has 0 aliphatic carbocycles.